The van der Waals surface area contributed by atoms with Gasteiger partial charge in [-0.1, -0.05) is 11.6 Å². The van der Waals surface area contributed by atoms with E-state index in [0.29, 0.717) is 6.92 Å². The van der Waals surface area contributed by atoms with Crippen molar-refractivity contribution in [1.29, 1.82) is 0 Å². The monoisotopic (exact) mass is 195 g/mol. The summed E-state index contributed by atoms with van der Waals surface area (Å²) in [6.45, 7) is 0.687. The maximum atomic E-state index is 12.0. The van der Waals surface area contributed by atoms with Gasteiger partial charge in [0, 0.05) is 0 Å². The van der Waals surface area contributed by atoms with Crippen LogP contribution in [0.3, 0.4) is 0 Å². The third kappa shape index (κ3) is 4.39. The summed E-state index contributed by atoms with van der Waals surface area (Å²) in [5, 5.41) is -2.56. The van der Waals surface area contributed by atoms with Gasteiger partial charge in [-0.3, -0.25) is 10.5 Å². The van der Waals surface area contributed by atoms with Crippen LogP contribution in [0.2, 0.25) is 0 Å². The molecule has 0 amide bonds. The van der Waals surface area contributed by atoms with Gasteiger partial charge < -0.3 is 0 Å². The second-order valence-electron chi connectivity index (χ2n) is 1.94. The van der Waals surface area contributed by atoms with Gasteiger partial charge in [0.15, 0.2) is 11.4 Å². The van der Waals surface area contributed by atoms with Crippen LogP contribution in [0, 0.1) is 0 Å². The van der Waals surface area contributed by atoms with Gasteiger partial charge in [-0.25, -0.2) is 4.39 Å². The molecule has 0 aliphatic heterocycles. The second kappa shape index (κ2) is 3.12. The van der Waals surface area contributed by atoms with Crippen molar-refractivity contribution in [2.45, 2.75) is 24.6 Å². The molecule has 0 fully saturated rings. The average molecular weight is 196 g/mol. The summed E-state index contributed by atoms with van der Waals surface area (Å²) >= 11 is 4.91. The van der Waals surface area contributed by atoms with Gasteiger partial charge in [0.25, 0.3) is 0 Å². The molecule has 2 nitrogen and oxygen atoms in total. The molecule has 2 unspecified atom stereocenters. The van der Waals surface area contributed by atoms with Crippen LogP contribution in [0.25, 0.3) is 0 Å². The molecule has 0 aromatic rings. The largest absolute Gasteiger partial charge is 0.524 e. The summed E-state index contributed by atoms with van der Waals surface area (Å²) in [4.78, 5) is 0. The Labute approximate surface area is 65.3 Å². The van der Waals surface area contributed by atoms with E-state index in [9.17, 15) is 17.6 Å². The standard InChI is InChI=1S/C4H6ClF4NO/c1-3(5,2(6)10)11-4(7,8)9/h2H,10H2,1H3. The molecule has 0 bridgehead atoms. The Morgan fingerprint density at radius 1 is 1.45 bits per heavy atom. The molecule has 0 saturated heterocycles. The third-order valence-electron chi connectivity index (χ3n) is 0.808. The number of rotatable bonds is 2. The van der Waals surface area contributed by atoms with E-state index in [4.69, 9.17) is 11.6 Å². The molecule has 0 saturated carbocycles. The normalized spacial score (nSPS) is 21.0. The number of hydrogen-bond donors (Lipinski definition) is 1. The lowest BCUT2D eigenvalue weighted by atomic mass is 10.4. The zero-order chi connectivity index (χ0) is 9.28. The van der Waals surface area contributed by atoms with Crippen LogP contribution in [-0.2, 0) is 4.74 Å². The molecule has 0 aromatic carbocycles. The predicted molar refractivity (Wildman–Crippen MR) is 30.5 cm³/mol. The fraction of sp³-hybridized carbons (Fsp3) is 1.00. The Morgan fingerprint density at radius 3 is 1.91 bits per heavy atom. The Bertz CT molecular complexity index is 135. The maximum Gasteiger partial charge on any atom is 0.524 e. The molecule has 7 heteroatoms. The highest BCUT2D eigenvalue weighted by atomic mass is 35.5. The van der Waals surface area contributed by atoms with Crippen LogP contribution < -0.4 is 5.73 Å². The summed E-state index contributed by atoms with van der Waals surface area (Å²) in [6.07, 6.45) is -7.38. The van der Waals surface area contributed by atoms with E-state index in [1.54, 1.807) is 0 Å². The van der Waals surface area contributed by atoms with E-state index in [1.807, 2.05) is 0 Å². The van der Waals surface area contributed by atoms with Crippen molar-refractivity contribution in [2.24, 2.45) is 5.73 Å². The van der Waals surface area contributed by atoms with Gasteiger partial charge in [-0.2, -0.15) is 0 Å². The second-order valence-corrected chi connectivity index (χ2v) is 2.69. The average Bonchev–Trinajstić information content (AvgIpc) is 1.56. The van der Waals surface area contributed by atoms with Crippen molar-refractivity contribution in [1.82, 2.24) is 0 Å². The molecule has 68 valence electrons. The molecular weight excluding hydrogens is 189 g/mol. The van der Waals surface area contributed by atoms with Crippen molar-refractivity contribution in [3.8, 4) is 0 Å². The molecule has 0 rings (SSSR count). The first-order valence-electron chi connectivity index (χ1n) is 2.50. The van der Waals surface area contributed by atoms with Crippen molar-refractivity contribution < 1.29 is 22.3 Å². The fourth-order valence-corrected chi connectivity index (χ4v) is 0.370. The Morgan fingerprint density at radius 2 is 1.82 bits per heavy atom. The lowest BCUT2D eigenvalue weighted by Gasteiger charge is -2.24. The Kier molecular flexibility index (Phi) is 3.10. The molecule has 0 spiro atoms. The van der Waals surface area contributed by atoms with Crippen LogP contribution in [0.1, 0.15) is 6.92 Å². The molecule has 0 aliphatic carbocycles. The van der Waals surface area contributed by atoms with Crippen LogP contribution in [0.5, 0.6) is 0 Å². The SMILES string of the molecule is CC(Cl)(OC(F)(F)F)C(N)F. The number of halogens is 5. The third-order valence-corrected chi connectivity index (χ3v) is 1.09. The van der Waals surface area contributed by atoms with Gasteiger partial charge in [0.05, 0.1) is 0 Å². The van der Waals surface area contributed by atoms with Gasteiger partial charge in [-0.15, -0.1) is 13.2 Å². The van der Waals surface area contributed by atoms with Gasteiger partial charge in [-0.05, 0) is 6.92 Å². The fourth-order valence-electron chi connectivity index (χ4n) is 0.283. The first-order chi connectivity index (χ1) is 4.65. The topological polar surface area (TPSA) is 35.2 Å². The minimum absolute atomic E-state index is 0.687. The smallest absolute Gasteiger partial charge is 0.298 e. The zero-order valence-electron chi connectivity index (χ0n) is 5.45. The van der Waals surface area contributed by atoms with E-state index in [1.165, 1.54) is 0 Å². The van der Waals surface area contributed by atoms with Crippen molar-refractivity contribution in [3.63, 3.8) is 0 Å². The molecule has 0 aromatic heterocycles. The number of nitrogens with two attached hydrogens (primary N) is 1. The summed E-state index contributed by atoms with van der Waals surface area (Å²) in [6, 6.07) is 0. The minimum Gasteiger partial charge on any atom is -0.298 e. The van der Waals surface area contributed by atoms with Crippen molar-refractivity contribution in [3.05, 3.63) is 0 Å². The highest BCUT2D eigenvalue weighted by Crippen LogP contribution is 2.30. The lowest BCUT2D eigenvalue weighted by Crippen LogP contribution is -2.43. The summed E-state index contributed by atoms with van der Waals surface area (Å²) < 4.78 is 49.3. The number of hydrogen-bond acceptors (Lipinski definition) is 2. The minimum atomic E-state index is -4.99. The number of ether oxygens (including phenoxy) is 1. The molecule has 0 aliphatic rings. The van der Waals surface area contributed by atoms with Crippen LogP contribution in [-0.4, -0.2) is 17.7 Å². The summed E-state index contributed by atoms with van der Waals surface area (Å²) in [5.74, 6) is 0. The predicted octanol–water partition coefficient (Wildman–Crippen LogP) is 1.73. The molecule has 0 heterocycles. The molecule has 2 N–H and O–H groups in total. The van der Waals surface area contributed by atoms with E-state index >= 15 is 0 Å². The summed E-state index contributed by atoms with van der Waals surface area (Å²) in [7, 11) is 0. The van der Waals surface area contributed by atoms with E-state index in [0.717, 1.165) is 0 Å². The van der Waals surface area contributed by atoms with E-state index < -0.39 is 17.7 Å². The van der Waals surface area contributed by atoms with Crippen molar-refractivity contribution in [2.75, 3.05) is 0 Å². The van der Waals surface area contributed by atoms with Gasteiger partial charge in [0.1, 0.15) is 0 Å². The highest BCUT2D eigenvalue weighted by Gasteiger charge is 2.43. The quantitative estimate of drug-likeness (QED) is 0.414. The molecule has 11 heavy (non-hydrogen) atoms. The first kappa shape index (κ1) is 10.9. The number of alkyl halides is 5. The van der Waals surface area contributed by atoms with Gasteiger partial charge in [0.2, 0.25) is 0 Å². The lowest BCUT2D eigenvalue weighted by molar-refractivity contribution is -0.355. The van der Waals surface area contributed by atoms with Crippen molar-refractivity contribution >= 4 is 11.6 Å². The van der Waals surface area contributed by atoms with E-state index in [2.05, 4.69) is 10.5 Å². The zero-order valence-corrected chi connectivity index (χ0v) is 6.21. The van der Waals surface area contributed by atoms with Crippen LogP contribution >= 0.6 is 11.6 Å². The Hall–Kier alpha value is -0.0700. The Balaban J connectivity index is 4.13. The first-order valence-corrected chi connectivity index (χ1v) is 2.88. The summed E-state index contributed by atoms with van der Waals surface area (Å²) in [5.41, 5.74) is 4.45. The molecule has 2 atom stereocenters. The molecule has 0 radical (unpaired) electrons. The highest BCUT2D eigenvalue weighted by molar-refractivity contribution is 6.23. The van der Waals surface area contributed by atoms with Crippen LogP contribution in [0.15, 0.2) is 0 Å². The van der Waals surface area contributed by atoms with Gasteiger partial charge >= 0.3 is 6.36 Å². The van der Waals surface area contributed by atoms with Crippen LogP contribution in [0.4, 0.5) is 17.6 Å². The maximum absolute atomic E-state index is 12.0. The van der Waals surface area contributed by atoms with E-state index in [-0.39, 0.29) is 0 Å². The molecular formula is C4H6ClF4NO.